The molecular formula is C16H21ClN4O. The fourth-order valence-corrected chi connectivity index (χ4v) is 2.30. The molecule has 0 aliphatic heterocycles. The van der Waals surface area contributed by atoms with Gasteiger partial charge in [0.05, 0.1) is 16.9 Å². The van der Waals surface area contributed by atoms with E-state index in [4.69, 9.17) is 11.6 Å². The van der Waals surface area contributed by atoms with Crippen LogP contribution >= 0.6 is 11.6 Å². The maximum atomic E-state index is 12.3. The SMILES string of the molecule is CCN[C@H](C)CNC(=O)c1cn(-c2ccc(Cl)cc2)nc1C. The fraction of sp³-hybridized carbons (Fsp3) is 0.375. The van der Waals surface area contributed by atoms with Crippen LogP contribution in [0.2, 0.25) is 5.02 Å². The first-order valence-corrected chi connectivity index (χ1v) is 7.73. The number of nitrogens with zero attached hydrogens (tertiary/aromatic N) is 2. The van der Waals surface area contributed by atoms with E-state index in [0.29, 0.717) is 22.8 Å². The van der Waals surface area contributed by atoms with Gasteiger partial charge in [0.25, 0.3) is 5.91 Å². The highest BCUT2D eigenvalue weighted by molar-refractivity contribution is 6.30. The van der Waals surface area contributed by atoms with E-state index in [2.05, 4.69) is 15.7 Å². The molecular weight excluding hydrogens is 300 g/mol. The average molecular weight is 321 g/mol. The van der Waals surface area contributed by atoms with Crippen LogP contribution in [0.4, 0.5) is 0 Å². The monoisotopic (exact) mass is 320 g/mol. The lowest BCUT2D eigenvalue weighted by atomic mass is 10.2. The van der Waals surface area contributed by atoms with Crippen molar-refractivity contribution in [2.24, 2.45) is 0 Å². The van der Waals surface area contributed by atoms with E-state index in [-0.39, 0.29) is 11.9 Å². The van der Waals surface area contributed by atoms with Crippen molar-refractivity contribution in [3.8, 4) is 5.69 Å². The van der Waals surface area contributed by atoms with Crippen LogP contribution in [0.3, 0.4) is 0 Å². The molecule has 0 saturated heterocycles. The molecule has 0 unspecified atom stereocenters. The zero-order chi connectivity index (χ0) is 16.1. The number of rotatable bonds is 6. The number of amides is 1. The molecule has 22 heavy (non-hydrogen) atoms. The molecule has 5 nitrogen and oxygen atoms in total. The Hall–Kier alpha value is -1.85. The van der Waals surface area contributed by atoms with E-state index in [1.54, 1.807) is 23.0 Å². The number of benzene rings is 1. The maximum Gasteiger partial charge on any atom is 0.254 e. The smallest absolute Gasteiger partial charge is 0.254 e. The lowest BCUT2D eigenvalue weighted by Crippen LogP contribution is -2.38. The molecule has 1 heterocycles. The molecule has 0 radical (unpaired) electrons. The molecule has 6 heteroatoms. The Morgan fingerprint density at radius 3 is 2.68 bits per heavy atom. The molecule has 0 saturated carbocycles. The summed E-state index contributed by atoms with van der Waals surface area (Å²) in [5, 5.41) is 11.2. The second kappa shape index (κ2) is 7.42. The molecule has 2 N–H and O–H groups in total. The highest BCUT2D eigenvalue weighted by Gasteiger charge is 2.14. The van der Waals surface area contributed by atoms with E-state index in [9.17, 15) is 4.79 Å². The number of hydrogen-bond donors (Lipinski definition) is 2. The molecule has 1 atom stereocenters. The largest absolute Gasteiger partial charge is 0.350 e. The first-order valence-electron chi connectivity index (χ1n) is 7.35. The van der Waals surface area contributed by atoms with Gasteiger partial charge in [-0.2, -0.15) is 5.10 Å². The van der Waals surface area contributed by atoms with Crippen LogP contribution in [0.5, 0.6) is 0 Å². The molecule has 0 spiro atoms. The number of carbonyl (C=O) groups excluding carboxylic acids is 1. The molecule has 1 aromatic heterocycles. The molecule has 0 aliphatic rings. The summed E-state index contributed by atoms with van der Waals surface area (Å²) >= 11 is 5.88. The van der Waals surface area contributed by atoms with Crippen LogP contribution < -0.4 is 10.6 Å². The van der Waals surface area contributed by atoms with Crippen LogP contribution in [-0.4, -0.2) is 34.8 Å². The third-order valence-electron chi connectivity index (χ3n) is 3.36. The van der Waals surface area contributed by atoms with Crippen molar-refractivity contribution in [3.63, 3.8) is 0 Å². The van der Waals surface area contributed by atoms with E-state index >= 15 is 0 Å². The number of aromatic nitrogens is 2. The van der Waals surface area contributed by atoms with Crippen LogP contribution in [0.15, 0.2) is 30.5 Å². The highest BCUT2D eigenvalue weighted by atomic mass is 35.5. The van der Waals surface area contributed by atoms with Gasteiger partial charge in [0.1, 0.15) is 0 Å². The molecule has 2 aromatic rings. The number of likely N-dealkylation sites (N-methyl/N-ethyl adjacent to an activating group) is 1. The predicted molar refractivity (Wildman–Crippen MR) is 88.8 cm³/mol. The summed E-state index contributed by atoms with van der Waals surface area (Å²) in [6.45, 7) is 7.37. The van der Waals surface area contributed by atoms with Crippen molar-refractivity contribution in [2.45, 2.75) is 26.8 Å². The summed E-state index contributed by atoms with van der Waals surface area (Å²) in [6, 6.07) is 7.56. The first kappa shape index (κ1) is 16.5. The highest BCUT2D eigenvalue weighted by Crippen LogP contribution is 2.15. The minimum Gasteiger partial charge on any atom is -0.350 e. The normalized spacial score (nSPS) is 12.2. The van der Waals surface area contributed by atoms with Gasteiger partial charge in [-0.3, -0.25) is 4.79 Å². The van der Waals surface area contributed by atoms with Gasteiger partial charge in [-0.05, 0) is 44.7 Å². The van der Waals surface area contributed by atoms with E-state index in [0.717, 1.165) is 12.2 Å². The summed E-state index contributed by atoms with van der Waals surface area (Å²) in [5.74, 6) is -0.109. The number of carbonyl (C=O) groups is 1. The van der Waals surface area contributed by atoms with Gasteiger partial charge in [-0.15, -0.1) is 0 Å². The minimum absolute atomic E-state index is 0.109. The first-order chi connectivity index (χ1) is 10.5. The number of aryl methyl sites for hydroxylation is 1. The molecule has 118 valence electrons. The molecule has 0 aliphatic carbocycles. The third-order valence-corrected chi connectivity index (χ3v) is 3.61. The van der Waals surface area contributed by atoms with Crippen molar-refractivity contribution >= 4 is 17.5 Å². The Morgan fingerprint density at radius 1 is 1.36 bits per heavy atom. The van der Waals surface area contributed by atoms with Crippen molar-refractivity contribution in [2.75, 3.05) is 13.1 Å². The standard InChI is InChI=1S/C16H21ClN4O/c1-4-18-11(2)9-19-16(22)15-10-21(20-12(15)3)14-7-5-13(17)6-8-14/h5-8,10-11,18H,4,9H2,1-3H3,(H,19,22)/t11-/m1/s1. The Kier molecular flexibility index (Phi) is 5.57. The molecule has 1 aromatic carbocycles. The van der Waals surface area contributed by atoms with Gasteiger partial charge >= 0.3 is 0 Å². The second-order valence-corrected chi connectivity index (χ2v) is 5.65. The fourth-order valence-electron chi connectivity index (χ4n) is 2.17. The number of hydrogen-bond acceptors (Lipinski definition) is 3. The third kappa shape index (κ3) is 4.08. The number of nitrogens with one attached hydrogen (secondary N) is 2. The summed E-state index contributed by atoms with van der Waals surface area (Å²) in [4.78, 5) is 12.3. The summed E-state index contributed by atoms with van der Waals surface area (Å²) in [7, 11) is 0. The van der Waals surface area contributed by atoms with Gasteiger partial charge in [0.15, 0.2) is 0 Å². The van der Waals surface area contributed by atoms with Crippen LogP contribution in [-0.2, 0) is 0 Å². The van der Waals surface area contributed by atoms with Crippen LogP contribution in [0.25, 0.3) is 5.69 Å². The number of halogens is 1. The zero-order valence-corrected chi connectivity index (χ0v) is 13.8. The van der Waals surface area contributed by atoms with Gasteiger partial charge in [-0.1, -0.05) is 18.5 Å². The van der Waals surface area contributed by atoms with E-state index in [1.807, 2.05) is 32.9 Å². The van der Waals surface area contributed by atoms with Crippen molar-refractivity contribution in [3.05, 3.63) is 46.7 Å². The Bertz CT molecular complexity index is 636. The topological polar surface area (TPSA) is 58.9 Å². The molecule has 2 rings (SSSR count). The zero-order valence-electron chi connectivity index (χ0n) is 13.1. The molecule has 0 bridgehead atoms. The quantitative estimate of drug-likeness (QED) is 0.860. The van der Waals surface area contributed by atoms with Crippen LogP contribution in [0.1, 0.15) is 29.9 Å². The summed E-state index contributed by atoms with van der Waals surface area (Å²) in [6.07, 6.45) is 1.74. The van der Waals surface area contributed by atoms with Crippen molar-refractivity contribution in [1.82, 2.24) is 20.4 Å². The van der Waals surface area contributed by atoms with Gasteiger partial charge in [-0.25, -0.2) is 4.68 Å². The van der Waals surface area contributed by atoms with Crippen molar-refractivity contribution in [1.29, 1.82) is 0 Å². The Morgan fingerprint density at radius 2 is 2.05 bits per heavy atom. The van der Waals surface area contributed by atoms with Gasteiger partial charge in [0.2, 0.25) is 0 Å². The Labute approximate surface area is 135 Å². The minimum atomic E-state index is -0.109. The second-order valence-electron chi connectivity index (χ2n) is 5.22. The lowest BCUT2D eigenvalue weighted by molar-refractivity contribution is 0.0949. The van der Waals surface area contributed by atoms with E-state index < -0.39 is 0 Å². The Balaban J connectivity index is 2.09. The van der Waals surface area contributed by atoms with Gasteiger partial charge < -0.3 is 10.6 Å². The average Bonchev–Trinajstić information content (AvgIpc) is 2.88. The molecule has 1 amide bonds. The van der Waals surface area contributed by atoms with Gasteiger partial charge in [0, 0.05) is 23.8 Å². The molecule has 0 fully saturated rings. The van der Waals surface area contributed by atoms with E-state index in [1.165, 1.54) is 0 Å². The summed E-state index contributed by atoms with van der Waals surface area (Å²) < 4.78 is 1.69. The summed E-state index contributed by atoms with van der Waals surface area (Å²) in [5.41, 5.74) is 2.15. The maximum absolute atomic E-state index is 12.3. The van der Waals surface area contributed by atoms with Crippen LogP contribution in [0, 0.1) is 6.92 Å². The predicted octanol–water partition coefficient (Wildman–Crippen LogP) is 2.56. The lowest BCUT2D eigenvalue weighted by Gasteiger charge is -2.12. The van der Waals surface area contributed by atoms with Crippen molar-refractivity contribution < 1.29 is 4.79 Å².